The normalized spacial score (nSPS) is 15.5. The van der Waals surface area contributed by atoms with E-state index in [0.717, 1.165) is 12.8 Å². The van der Waals surface area contributed by atoms with Crippen LogP contribution in [0.4, 0.5) is 4.39 Å². The third-order valence-electron chi connectivity index (χ3n) is 2.20. The molecule has 0 heterocycles. The van der Waals surface area contributed by atoms with Crippen molar-refractivity contribution in [2.75, 3.05) is 0 Å². The van der Waals surface area contributed by atoms with E-state index in [1.165, 1.54) is 18.2 Å². The van der Waals surface area contributed by atoms with Gasteiger partial charge in [0.1, 0.15) is 5.82 Å². The molecule has 1 aromatic rings. The Kier molecular flexibility index (Phi) is 2.81. The lowest BCUT2D eigenvalue weighted by molar-refractivity contribution is -0.116. The minimum atomic E-state index is -0.292. The Morgan fingerprint density at radius 3 is 2.93 bits per heavy atom. The number of hydrogen-bond donors (Lipinski definition) is 1. The molecular weight excluding hydrogens is 193 g/mol. The lowest BCUT2D eigenvalue weighted by Gasteiger charge is -1.97. The van der Waals surface area contributed by atoms with Crippen LogP contribution in [0.1, 0.15) is 18.4 Å². The summed E-state index contributed by atoms with van der Waals surface area (Å²) in [4.78, 5) is 11.3. The summed E-state index contributed by atoms with van der Waals surface area (Å²) in [7, 11) is 0. The van der Waals surface area contributed by atoms with E-state index in [1.54, 1.807) is 18.2 Å². The van der Waals surface area contributed by atoms with E-state index in [0.29, 0.717) is 11.6 Å². The monoisotopic (exact) mass is 205 g/mol. The van der Waals surface area contributed by atoms with Gasteiger partial charge in [-0.25, -0.2) is 4.39 Å². The third-order valence-corrected chi connectivity index (χ3v) is 2.20. The number of hydrogen-bond acceptors (Lipinski definition) is 1. The molecule has 0 spiro atoms. The van der Waals surface area contributed by atoms with Crippen molar-refractivity contribution in [3.63, 3.8) is 0 Å². The average Bonchev–Trinajstić information content (AvgIpc) is 2.99. The molecule has 0 saturated heterocycles. The van der Waals surface area contributed by atoms with Crippen LogP contribution in [-0.2, 0) is 4.79 Å². The maximum Gasteiger partial charge on any atom is 0.244 e. The second-order valence-corrected chi connectivity index (χ2v) is 3.67. The standard InChI is InChI=1S/C12H12FNO/c13-10-3-1-2-9(8-10)4-7-12(15)14-11-5-6-11/h1-4,7-8,11H,5-6H2,(H,14,15). The second-order valence-electron chi connectivity index (χ2n) is 3.67. The summed E-state index contributed by atoms with van der Waals surface area (Å²) in [6.07, 6.45) is 5.19. The van der Waals surface area contributed by atoms with Crippen LogP contribution in [0.5, 0.6) is 0 Å². The van der Waals surface area contributed by atoms with E-state index in [2.05, 4.69) is 5.32 Å². The number of amides is 1. The number of nitrogens with one attached hydrogen (secondary N) is 1. The summed E-state index contributed by atoms with van der Waals surface area (Å²) in [6.45, 7) is 0. The van der Waals surface area contributed by atoms with Gasteiger partial charge in [0.25, 0.3) is 0 Å². The molecule has 2 nitrogen and oxygen atoms in total. The topological polar surface area (TPSA) is 29.1 Å². The minimum absolute atomic E-state index is 0.109. The molecule has 0 bridgehead atoms. The van der Waals surface area contributed by atoms with Gasteiger partial charge in [-0.3, -0.25) is 4.79 Å². The fourth-order valence-electron chi connectivity index (χ4n) is 1.26. The van der Waals surface area contributed by atoms with Crippen LogP contribution in [0.2, 0.25) is 0 Å². The molecule has 1 N–H and O–H groups in total. The Morgan fingerprint density at radius 1 is 1.47 bits per heavy atom. The van der Waals surface area contributed by atoms with Gasteiger partial charge in [0.15, 0.2) is 0 Å². The Labute approximate surface area is 87.8 Å². The van der Waals surface area contributed by atoms with Gasteiger partial charge in [-0.05, 0) is 36.6 Å². The maximum atomic E-state index is 12.8. The van der Waals surface area contributed by atoms with Crippen LogP contribution >= 0.6 is 0 Å². The molecule has 1 aliphatic rings. The molecule has 1 aromatic carbocycles. The summed E-state index contributed by atoms with van der Waals surface area (Å²) >= 11 is 0. The number of carbonyl (C=O) groups is 1. The lowest BCUT2D eigenvalue weighted by Crippen LogP contribution is -2.22. The third kappa shape index (κ3) is 3.20. The van der Waals surface area contributed by atoms with Crippen LogP contribution in [0, 0.1) is 5.82 Å². The molecule has 1 fully saturated rings. The quantitative estimate of drug-likeness (QED) is 0.752. The molecule has 2 rings (SSSR count). The Hall–Kier alpha value is -1.64. The van der Waals surface area contributed by atoms with E-state index in [9.17, 15) is 9.18 Å². The lowest BCUT2D eigenvalue weighted by atomic mass is 10.2. The van der Waals surface area contributed by atoms with Crippen LogP contribution in [0.15, 0.2) is 30.3 Å². The summed E-state index contributed by atoms with van der Waals surface area (Å²) in [5.74, 6) is -0.401. The predicted octanol–water partition coefficient (Wildman–Crippen LogP) is 2.12. The molecule has 1 saturated carbocycles. The first-order valence-corrected chi connectivity index (χ1v) is 4.98. The van der Waals surface area contributed by atoms with Gasteiger partial charge in [0.2, 0.25) is 5.91 Å². The largest absolute Gasteiger partial charge is 0.350 e. The molecule has 0 aliphatic heterocycles. The molecule has 1 amide bonds. The summed E-state index contributed by atoms with van der Waals surface area (Å²) in [5.41, 5.74) is 0.695. The van der Waals surface area contributed by atoms with Crippen molar-refractivity contribution < 1.29 is 9.18 Å². The Bertz CT molecular complexity index is 396. The average molecular weight is 205 g/mol. The SMILES string of the molecule is O=C(C=Cc1cccc(F)c1)NC1CC1. The maximum absolute atomic E-state index is 12.8. The zero-order chi connectivity index (χ0) is 10.7. The Balaban J connectivity index is 1.94. The van der Waals surface area contributed by atoms with Crippen molar-refractivity contribution in [1.82, 2.24) is 5.32 Å². The number of benzene rings is 1. The number of rotatable bonds is 3. The summed E-state index contributed by atoms with van der Waals surface area (Å²) < 4.78 is 12.8. The summed E-state index contributed by atoms with van der Waals surface area (Å²) in [6, 6.07) is 6.50. The van der Waals surface area contributed by atoms with Gasteiger partial charge in [0.05, 0.1) is 0 Å². The fourth-order valence-corrected chi connectivity index (χ4v) is 1.26. The molecule has 1 aliphatic carbocycles. The van der Waals surface area contributed by atoms with Crippen molar-refractivity contribution >= 4 is 12.0 Å². The van der Waals surface area contributed by atoms with Gasteiger partial charge in [0, 0.05) is 12.1 Å². The van der Waals surface area contributed by atoms with Crippen molar-refractivity contribution in [2.24, 2.45) is 0 Å². The first kappa shape index (κ1) is 9.90. The van der Waals surface area contributed by atoms with Crippen LogP contribution in [0.25, 0.3) is 6.08 Å². The predicted molar refractivity (Wildman–Crippen MR) is 56.6 cm³/mol. The molecular formula is C12H12FNO. The van der Waals surface area contributed by atoms with Gasteiger partial charge in [-0.15, -0.1) is 0 Å². The molecule has 0 radical (unpaired) electrons. The molecule has 15 heavy (non-hydrogen) atoms. The smallest absolute Gasteiger partial charge is 0.244 e. The van der Waals surface area contributed by atoms with E-state index in [1.807, 2.05) is 0 Å². The number of carbonyl (C=O) groups excluding carboxylic acids is 1. The van der Waals surface area contributed by atoms with Crippen molar-refractivity contribution in [3.8, 4) is 0 Å². The van der Waals surface area contributed by atoms with Crippen LogP contribution in [0.3, 0.4) is 0 Å². The van der Waals surface area contributed by atoms with E-state index >= 15 is 0 Å². The highest BCUT2D eigenvalue weighted by Gasteiger charge is 2.21. The van der Waals surface area contributed by atoms with E-state index in [4.69, 9.17) is 0 Å². The second kappa shape index (κ2) is 4.26. The van der Waals surface area contributed by atoms with Crippen molar-refractivity contribution in [2.45, 2.75) is 18.9 Å². The highest BCUT2D eigenvalue weighted by atomic mass is 19.1. The molecule has 78 valence electrons. The van der Waals surface area contributed by atoms with Gasteiger partial charge < -0.3 is 5.32 Å². The van der Waals surface area contributed by atoms with Crippen molar-refractivity contribution in [1.29, 1.82) is 0 Å². The van der Waals surface area contributed by atoms with Gasteiger partial charge >= 0.3 is 0 Å². The zero-order valence-electron chi connectivity index (χ0n) is 8.24. The van der Waals surface area contributed by atoms with Crippen molar-refractivity contribution in [3.05, 3.63) is 41.7 Å². The molecule has 0 unspecified atom stereocenters. The molecule has 0 atom stereocenters. The zero-order valence-corrected chi connectivity index (χ0v) is 8.24. The van der Waals surface area contributed by atoms with Gasteiger partial charge in [-0.2, -0.15) is 0 Å². The molecule has 0 aromatic heterocycles. The molecule has 3 heteroatoms. The fraction of sp³-hybridized carbons (Fsp3) is 0.250. The first-order chi connectivity index (χ1) is 7.24. The highest BCUT2D eigenvalue weighted by Crippen LogP contribution is 2.18. The summed E-state index contributed by atoms with van der Waals surface area (Å²) in [5, 5.41) is 2.82. The van der Waals surface area contributed by atoms with E-state index < -0.39 is 0 Å². The van der Waals surface area contributed by atoms with Gasteiger partial charge in [-0.1, -0.05) is 12.1 Å². The van der Waals surface area contributed by atoms with Crippen LogP contribution < -0.4 is 5.32 Å². The van der Waals surface area contributed by atoms with Crippen LogP contribution in [-0.4, -0.2) is 11.9 Å². The Morgan fingerprint density at radius 2 is 2.27 bits per heavy atom. The minimum Gasteiger partial charge on any atom is -0.350 e. The van der Waals surface area contributed by atoms with E-state index in [-0.39, 0.29) is 11.7 Å². The number of halogens is 1. The first-order valence-electron chi connectivity index (χ1n) is 4.98. The highest BCUT2D eigenvalue weighted by molar-refractivity contribution is 5.92.